The molecule has 0 atom stereocenters. The molecule has 1 aromatic carbocycles. The van der Waals surface area contributed by atoms with E-state index < -0.39 is 5.97 Å². The molecule has 0 unspecified atom stereocenters. The van der Waals surface area contributed by atoms with Gasteiger partial charge in [0.2, 0.25) is 0 Å². The molecule has 1 aromatic rings. The van der Waals surface area contributed by atoms with Crippen molar-refractivity contribution in [3.63, 3.8) is 0 Å². The monoisotopic (exact) mass is 367 g/mol. The highest BCUT2D eigenvalue weighted by molar-refractivity contribution is 6.43. The van der Waals surface area contributed by atoms with E-state index in [2.05, 4.69) is 5.32 Å². The number of rotatable bonds is 8. The molecule has 0 bridgehead atoms. The minimum absolute atomic E-state index is 0.209. The number of halogens is 3. The van der Waals surface area contributed by atoms with Crippen LogP contribution < -0.4 is 10.1 Å². The van der Waals surface area contributed by atoms with Gasteiger partial charge in [0.15, 0.2) is 13.2 Å². The summed E-state index contributed by atoms with van der Waals surface area (Å²) in [5.41, 5.74) is 0. The smallest absolute Gasteiger partial charge is 0.344 e. The normalized spacial score (nSPS) is 10.2. The number of carbonyl (C=O) groups is 2. The van der Waals surface area contributed by atoms with Crippen LogP contribution in [0.3, 0.4) is 0 Å². The summed E-state index contributed by atoms with van der Waals surface area (Å²) in [6.45, 7) is 1.83. The molecule has 0 spiro atoms. The van der Waals surface area contributed by atoms with E-state index in [0.717, 1.165) is 12.8 Å². The first-order valence-corrected chi connectivity index (χ1v) is 7.77. The highest BCUT2D eigenvalue weighted by atomic mass is 35.5. The zero-order valence-corrected chi connectivity index (χ0v) is 14.2. The largest absolute Gasteiger partial charge is 0.480 e. The lowest BCUT2D eigenvalue weighted by atomic mass is 10.3. The van der Waals surface area contributed by atoms with E-state index >= 15 is 0 Å². The van der Waals surface area contributed by atoms with Crippen LogP contribution in [0.15, 0.2) is 12.1 Å². The van der Waals surface area contributed by atoms with E-state index in [4.69, 9.17) is 44.3 Å². The van der Waals surface area contributed by atoms with Crippen LogP contribution in [0.1, 0.15) is 19.8 Å². The Morgan fingerprint density at radius 1 is 1.09 bits per heavy atom. The number of amides is 1. The lowest BCUT2D eigenvalue weighted by Crippen LogP contribution is -2.30. The third kappa shape index (κ3) is 6.73. The van der Waals surface area contributed by atoms with E-state index in [-0.39, 0.29) is 39.9 Å². The maximum Gasteiger partial charge on any atom is 0.344 e. The lowest BCUT2D eigenvalue weighted by Gasteiger charge is -2.09. The summed E-state index contributed by atoms with van der Waals surface area (Å²) >= 11 is 17.5. The molecule has 0 saturated carbocycles. The van der Waals surface area contributed by atoms with Crippen molar-refractivity contribution in [1.82, 2.24) is 5.32 Å². The van der Waals surface area contributed by atoms with E-state index in [9.17, 15) is 9.59 Å². The van der Waals surface area contributed by atoms with Gasteiger partial charge in [-0.3, -0.25) is 4.79 Å². The molecule has 0 heterocycles. The van der Waals surface area contributed by atoms with Crippen molar-refractivity contribution >= 4 is 46.7 Å². The quantitative estimate of drug-likeness (QED) is 0.433. The molecular weight excluding hydrogens is 353 g/mol. The zero-order chi connectivity index (χ0) is 16.5. The Labute approximate surface area is 143 Å². The Bertz CT molecular complexity index is 537. The van der Waals surface area contributed by atoms with Crippen molar-refractivity contribution in [3.05, 3.63) is 27.2 Å². The summed E-state index contributed by atoms with van der Waals surface area (Å²) in [6.07, 6.45) is 1.84. The summed E-state index contributed by atoms with van der Waals surface area (Å²) < 4.78 is 9.96. The van der Waals surface area contributed by atoms with Gasteiger partial charge in [0.05, 0.1) is 15.1 Å². The molecule has 122 valence electrons. The molecule has 0 saturated heterocycles. The van der Waals surface area contributed by atoms with Gasteiger partial charge in [-0.2, -0.15) is 0 Å². The van der Waals surface area contributed by atoms with Gasteiger partial charge >= 0.3 is 5.97 Å². The fraction of sp³-hybridized carbons (Fsp3) is 0.429. The molecule has 1 amide bonds. The second-order valence-corrected chi connectivity index (χ2v) is 5.57. The number of hydrogen-bond donors (Lipinski definition) is 1. The van der Waals surface area contributed by atoms with E-state index in [1.54, 1.807) is 0 Å². The Morgan fingerprint density at radius 2 is 1.77 bits per heavy atom. The minimum atomic E-state index is -0.687. The van der Waals surface area contributed by atoms with Crippen LogP contribution in [0.25, 0.3) is 0 Å². The van der Waals surface area contributed by atoms with Gasteiger partial charge in [-0.05, 0) is 12.5 Å². The first-order valence-electron chi connectivity index (χ1n) is 6.63. The van der Waals surface area contributed by atoms with Crippen molar-refractivity contribution in [2.75, 3.05) is 19.8 Å². The summed E-state index contributed by atoms with van der Waals surface area (Å²) in [5, 5.41) is 3.38. The second-order valence-electron chi connectivity index (χ2n) is 4.35. The number of benzene rings is 1. The lowest BCUT2D eigenvalue weighted by molar-refractivity contribution is -0.150. The first-order chi connectivity index (χ1) is 10.4. The maximum absolute atomic E-state index is 11.5. The molecule has 0 radical (unpaired) electrons. The predicted octanol–water partition coefficient (Wildman–Crippen LogP) is 3.49. The summed E-state index contributed by atoms with van der Waals surface area (Å²) in [7, 11) is 0. The molecule has 0 aliphatic rings. The van der Waals surface area contributed by atoms with E-state index in [1.807, 2.05) is 6.92 Å². The third-order valence-corrected chi connectivity index (χ3v) is 3.55. The number of unbranched alkanes of at least 4 members (excludes halogenated alkanes) is 1. The molecule has 0 aliphatic heterocycles. The van der Waals surface area contributed by atoms with Crippen molar-refractivity contribution < 1.29 is 19.1 Å². The van der Waals surface area contributed by atoms with Crippen LogP contribution in [0, 0.1) is 0 Å². The molecular formula is C14H16Cl3NO4. The zero-order valence-electron chi connectivity index (χ0n) is 12.0. The van der Waals surface area contributed by atoms with Gasteiger partial charge in [0.1, 0.15) is 5.75 Å². The number of ether oxygens (including phenoxy) is 2. The van der Waals surface area contributed by atoms with Gasteiger partial charge in [0.25, 0.3) is 5.91 Å². The minimum Gasteiger partial charge on any atom is -0.480 e. The average molecular weight is 369 g/mol. The van der Waals surface area contributed by atoms with Gasteiger partial charge in [-0.25, -0.2) is 4.79 Å². The SMILES string of the molecule is CCCCNC(=O)COC(=O)COc1cc(Cl)c(Cl)cc1Cl. The fourth-order valence-electron chi connectivity index (χ4n) is 1.39. The molecule has 0 fully saturated rings. The molecule has 0 aromatic heterocycles. The summed E-state index contributed by atoms with van der Waals surface area (Å²) in [6, 6.07) is 2.81. The van der Waals surface area contributed by atoms with E-state index in [0.29, 0.717) is 6.54 Å². The maximum atomic E-state index is 11.5. The number of esters is 1. The molecule has 1 N–H and O–H groups in total. The Balaban J connectivity index is 2.34. The van der Waals surface area contributed by atoms with Crippen LogP contribution in [0.5, 0.6) is 5.75 Å². The molecule has 8 heteroatoms. The molecule has 0 aliphatic carbocycles. The Morgan fingerprint density at radius 3 is 2.45 bits per heavy atom. The van der Waals surface area contributed by atoms with Crippen molar-refractivity contribution in [3.8, 4) is 5.75 Å². The molecule has 5 nitrogen and oxygen atoms in total. The Hall–Kier alpha value is -1.17. The van der Waals surface area contributed by atoms with Crippen molar-refractivity contribution in [2.24, 2.45) is 0 Å². The van der Waals surface area contributed by atoms with Gasteiger partial charge in [-0.1, -0.05) is 48.1 Å². The van der Waals surface area contributed by atoms with Crippen LogP contribution in [0.2, 0.25) is 15.1 Å². The van der Waals surface area contributed by atoms with Crippen molar-refractivity contribution in [2.45, 2.75) is 19.8 Å². The van der Waals surface area contributed by atoms with Crippen LogP contribution >= 0.6 is 34.8 Å². The predicted molar refractivity (Wildman–Crippen MR) is 85.8 cm³/mol. The first kappa shape index (κ1) is 18.9. The fourth-order valence-corrected chi connectivity index (χ4v) is 1.99. The second kappa shape index (κ2) is 9.77. The summed E-state index contributed by atoms with van der Waals surface area (Å²) in [4.78, 5) is 22.8. The van der Waals surface area contributed by atoms with Crippen LogP contribution in [0.4, 0.5) is 0 Å². The standard InChI is InChI=1S/C14H16Cl3NO4/c1-2-3-4-18-13(19)7-22-14(20)8-21-12-6-10(16)9(15)5-11(12)17/h5-6H,2-4,7-8H2,1H3,(H,18,19). The number of hydrogen-bond acceptors (Lipinski definition) is 4. The number of nitrogens with one attached hydrogen (secondary N) is 1. The molecule has 22 heavy (non-hydrogen) atoms. The Kier molecular flexibility index (Phi) is 8.38. The average Bonchev–Trinajstić information content (AvgIpc) is 2.47. The van der Waals surface area contributed by atoms with Gasteiger partial charge in [0, 0.05) is 12.6 Å². The topological polar surface area (TPSA) is 64.6 Å². The van der Waals surface area contributed by atoms with Gasteiger partial charge < -0.3 is 14.8 Å². The van der Waals surface area contributed by atoms with E-state index in [1.165, 1.54) is 12.1 Å². The summed E-state index contributed by atoms with van der Waals surface area (Å²) in [5.74, 6) is -0.831. The third-order valence-electron chi connectivity index (χ3n) is 2.54. The van der Waals surface area contributed by atoms with Crippen LogP contribution in [-0.2, 0) is 14.3 Å². The molecule has 1 rings (SSSR count). The van der Waals surface area contributed by atoms with Crippen LogP contribution in [-0.4, -0.2) is 31.6 Å². The highest BCUT2D eigenvalue weighted by Crippen LogP contribution is 2.33. The van der Waals surface area contributed by atoms with Crippen molar-refractivity contribution in [1.29, 1.82) is 0 Å². The number of carbonyl (C=O) groups excluding carboxylic acids is 2. The highest BCUT2D eigenvalue weighted by Gasteiger charge is 2.11. The van der Waals surface area contributed by atoms with Gasteiger partial charge in [-0.15, -0.1) is 0 Å².